The Morgan fingerprint density at radius 3 is 2.47 bits per heavy atom. The van der Waals surface area contributed by atoms with Gasteiger partial charge in [0, 0.05) is 12.2 Å². The third kappa shape index (κ3) is 6.26. The van der Waals surface area contributed by atoms with Gasteiger partial charge >= 0.3 is 6.36 Å². The SMILES string of the molecule is O=C(CSc1ncc(CO)n1Cc1ccccc1)Nc1ccc(OC(F)(F)F)cc1. The van der Waals surface area contributed by atoms with Gasteiger partial charge in [0.05, 0.1) is 24.3 Å². The quantitative estimate of drug-likeness (QED) is 0.520. The second-order valence-electron chi connectivity index (χ2n) is 6.17. The molecule has 0 fully saturated rings. The summed E-state index contributed by atoms with van der Waals surface area (Å²) in [6, 6.07) is 14.5. The maximum Gasteiger partial charge on any atom is 0.573 e. The third-order valence-corrected chi connectivity index (χ3v) is 4.94. The minimum atomic E-state index is -4.77. The molecular weight excluding hydrogens is 419 g/mol. The van der Waals surface area contributed by atoms with Crippen LogP contribution in [0, 0.1) is 0 Å². The van der Waals surface area contributed by atoms with Gasteiger partial charge in [-0.05, 0) is 29.8 Å². The molecular formula is C20H18F3N3O3S. The van der Waals surface area contributed by atoms with Crippen LogP contribution in [0.25, 0.3) is 0 Å². The zero-order valence-electron chi connectivity index (χ0n) is 15.6. The van der Waals surface area contributed by atoms with E-state index in [1.807, 2.05) is 34.9 Å². The molecule has 1 aromatic heterocycles. The van der Waals surface area contributed by atoms with E-state index in [1.54, 1.807) is 6.20 Å². The largest absolute Gasteiger partial charge is 0.573 e. The first-order valence-electron chi connectivity index (χ1n) is 8.81. The smallest absolute Gasteiger partial charge is 0.406 e. The highest BCUT2D eigenvalue weighted by Gasteiger charge is 2.30. The second kappa shape index (κ2) is 9.68. The van der Waals surface area contributed by atoms with Crippen LogP contribution >= 0.6 is 11.8 Å². The lowest BCUT2D eigenvalue weighted by molar-refractivity contribution is -0.274. The molecule has 2 aromatic carbocycles. The van der Waals surface area contributed by atoms with Gasteiger partial charge in [0.15, 0.2) is 5.16 Å². The van der Waals surface area contributed by atoms with Crippen LogP contribution in [0.4, 0.5) is 18.9 Å². The molecule has 158 valence electrons. The summed E-state index contributed by atoms with van der Waals surface area (Å²) in [6.07, 6.45) is -3.21. The average Bonchev–Trinajstić information content (AvgIpc) is 3.09. The first-order chi connectivity index (χ1) is 14.3. The standard InChI is InChI=1S/C20H18F3N3O3S/c21-20(22,23)29-17-8-6-15(7-9-17)25-18(28)13-30-19-24-10-16(12-27)26(19)11-14-4-2-1-3-5-14/h1-10,27H,11-13H2,(H,25,28). The van der Waals surface area contributed by atoms with Gasteiger partial charge in [0.1, 0.15) is 5.75 Å². The number of carbonyl (C=O) groups excluding carboxylic acids is 1. The van der Waals surface area contributed by atoms with E-state index in [1.165, 1.54) is 23.9 Å². The average molecular weight is 437 g/mol. The summed E-state index contributed by atoms with van der Waals surface area (Å²) in [6.45, 7) is 0.320. The maximum atomic E-state index is 12.2. The molecule has 0 spiro atoms. The van der Waals surface area contributed by atoms with Gasteiger partial charge in [-0.1, -0.05) is 42.1 Å². The summed E-state index contributed by atoms with van der Waals surface area (Å²) in [7, 11) is 0. The van der Waals surface area contributed by atoms with Crippen LogP contribution in [0.15, 0.2) is 66.0 Å². The van der Waals surface area contributed by atoms with E-state index in [2.05, 4.69) is 15.0 Å². The number of aromatic nitrogens is 2. The number of imidazole rings is 1. The van der Waals surface area contributed by atoms with E-state index in [4.69, 9.17) is 0 Å². The molecule has 0 atom stereocenters. The number of carbonyl (C=O) groups is 1. The van der Waals surface area contributed by atoms with Crippen LogP contribution in [0.3, 0.4) is 0 Å². The van der Waals surface area contributed by atoms with Crippen molar-refractivity contribution in [2.45, 2.75) is 24.7 Å². The molecule has 0 aliphatic heterocycles. The van der Waals surface area contributed by atoms with Crippen molar-refractivity contribution in [1.82, 2.24) is 9.55 Å². The Balaban J connectivity index is 1.59. The van der Waals surface area contributed by atoms with E-state index in [0.717, 1.165) is 17.7 Å². The zero-order valence-corrected chi connectivity index (χ0v) is 16.4. The van der Waals surface area contributed by atoms with Gasteiger partial charge in [-0.25, -0.2) is 4.98 Å². The fraction of sp³-hybridized carbons (Fsp3) is 0.200. The molecule has 1 amide bonds. The summed E-state index contributed by atoms with van der Waals surface area (Å²) in [5.74, 6) is -0.670. The molecule has 0 saturated heterocycles. The predicted octanol–water partition coefficient (Wildman–Crippen LogP) is 4.05. The topological polar surface area (TPSA) is 76.4 Å². The van der Waals surface area contributed by atoms with Crippen molar-refractivity contribution in [3.8, 4) is 5.75 Å². The summed E-state index contributed by atoms with van der Waals surface area (Å²) in [4.78, 5) is 16.5. The number of halogens is 3. The monoisotopic (exact) mass is 437 g/mol. The fourth-order valence-electron chi connectivity index (χ4n) is 2.64. The minimum Gasteiger partial charge on any atom is -0.406 e. The van der Waals surface area contributed by atoms with Gasteiger partial charge < -0.3 is 19.7 Å². The van der Waals surface area contributed by atoms with E-state index < -0.39 is 6.36 Å². The number of benzene rings is 2. The molecule has 0 aliphatic carbocycles. The van der Waals surface area contributed by atoms with Crippen molar-refractivity contribution >= 4 is 23.4 Å². The predicted molar refractivity (Wildman–Crippen MR) is 106 cm³/mol. The van der Waals surface area contributed by atoms with E-state index in [-0.39, 0.29) is 24.0 Å². The molecule has 0 aliphatic rings. The molecule has 6 nitrogen and oxygen atoms in total. The number of ether oxygens (including phenoxy) is 1. The van der Waals surface area contributed by atoms with Crippen molar-refractivity contribution < 1.29 is 27.8 Å². The molecule has 3 rings (SSSR count). The Hall–Kier alpha value is -2.98. The number of rotatable bonds is 8. The normalized spacial score (nSPS) is 11.3. The number of nitrogens with zero attached hydrogens (tertiary/aromatic N) is 2. The van der Waals surface area contributed by atoms with Crippen LogP contribution in [0.2, 0.25) is 0 Å². The Morgan fingerprint density at radius 1 is 1.13 bits per heavy atom. The number of aliphatic hydroxyl groups excluding tert-OH is 1. The van der Waals surface area contributed by atoms with Crippen LogP contribution < -0.4 is 10.1 Å². The number of nitrogens with one attached hydrogen (secondary N) is 1. The Morgan fingerprint density at radius 2 is 1.83 bits per heavy atom. The third-order valence-electron chi connectivity index (χ3n) is 3.95. The van der Waals surface area contributed by atoms with E-state index >= 15 is 0 Å². The lowest BCUT2D eigenvalue weighted by Crippen LogP contribution is -2.17. The van der Waals surface area contributed by atoms with Gasteiger partial charge in [-0.2, -0.15) is 0 Å². The highest BCUT2D eigenvalue weighted by atomic mass is 32.2. The number of aliphatic hydroxyl groups is 1. The van der Waals surface area contributed by atoms with Gasteiger partial charge in [0.2, 0.25) is 5.91 Å². The van der Waals surface area contributed by atoms with Gasteiger partial charge in [-0.15, -0.1) is 13.2 Å². The first-order valence-corrected chi connectivity index (χ1v) is 9.80. The summed E-state index contributed by atoms with van der Waals surface area (Å²) in [5.41, 5.74) is 2.00. The number of hydrogen-bond donors (Lipinski definition) is 2. The summed E-state index contributed by atoms with van der Waals surface area (Å²) < 4.78 is 42.2. The van der Waals surface area contributed by atoms with Gasteiger partial charge in [0.25, 0.3) is 0 Å². The van der Waals surface area contributed by atoms with Crippen LogP contribution in [0.5, 0.6) is 5.75 Å². The molecule has 1 heterocycles. The van der Waals surface area contributed by atoms with Crippen molar-refractivity contribution in [3.63, 3.8) is 0 Å². The molecule has 0 bridgehead atoms. The van der Waals surface area contributed by atoms with Crippen molar-refractivity contribution in [3.05, 3.63) is 72.1 Å². The van der Waals surface area contributed by atoms with E-state index in [9.17, 15) is 23.1 Å². The molecule has 0 radical (unpaired) electrons. The van der Waals surface area contributed by atoms with Crippen molar-refractivity contribution in [2.24, 2.45) is 0 Å². The van der Waals surface area contributed by atoms with Gasteiger partial charge in [-0.3, -0.25) is 4.79 Å². The number of alkyl halides is 3. The van der Waals surface area contributed by atoms with E-state index in [0.29, 0.717) is 23.1 Å². The highest BCUT2D eigenvalue weighted by Crippen LogP contribution is 2.24. The molecule has 0 unspecified atom stereocenters. The maximum absolute atomic E-state index is 12.2. The van der Waals surface area contributed by atoms with Crippen molar-refractivity contribution in [1.29, 1.82) is 0 Å². The zero-order chi connectivity index (χ0) is 21.6. The molecule has 0 saturated carbocycles. The fourth-order valence-corrected chi connectivity index (χ4v) is 3.43. The molecule has 10 heteroatoms. The Labute approximate surface area is 174 Å². The number of amides is 1. The lowest BCUT2D eigenvalue weighted by Gasteiger charge is -2.11. The lowest BCUT2D eigenvalue weighted by atomic mass is 10.2. The van der Waals surface area contributed by atoms with Crippen molar-refractivity contribution in [2.75, 3.05) is 11.1 Å². The summed E-state index contributed by atoms with van der Waals surface area (Å²) >= 11 is 1.20. The summed E-state index contributed by atoms with van der Waals surface area (Å²) in [5, 5.41) is 12.7. The first kappa shape index (κ1) is 21.7. The molecule has 3 aromatic rings. The van der Waals surface area contributed by atoms with Crippen LogP contribution in [-0.4, -0.2) is 32.7 Å². The van der Waals surface area contributed by atoms with Crippen LogP contribution in [-0.2, 0) is 17.9 Å². The Bertz CT molecular complexity index is 976. The molecule has 30 heavy (non-hydrogen) atoms. The Kier molecular flexibility index (Phi) is 7.01. The number of hydrogen-bond acceptors (Lipinski definition) is 5. The number of thioether (sulfide) groups is 1. The molecule has 2 N–H and O–H groups in total. The number of anilines is 1. The van der Waals surface area contributed by atoms with Crippen LogP contribution in [0.1, 0.15) is 11.3 Å². The second-order valence-corrected chi connectivity index (χ2v) is 7.11. The minimum absolute atomic E-state index is 0.0392. The highest BCUT2D eigenvalue weighted by molar-refractivity contribution is 7.99.